The van der Waals surface area contributed by atoms with Crippen LogP contribution >= 0.6 is 0 Å². The van der Waals surface area contributed by atoms with E-state index in [4.69, 9.17) is 5.73 Å². The smallest absolute Gasteiger partial charge is 0.227 e. The maximum Gasteiger partial charge on any atom is 0.227 e. The predicted molar refractivity (Wildman–Crippen MR) is 85.1 cm³/mol. The number of benzene rings is 2. The van der Waals surface area contributed by atoms with Crippen LogP contribution in [0.3, 0.4) is 0 Å². The van der Waals surface area contributed by atoms with Gasteiger partial charge in [-0.3, -0.25) is 4.79 Å². The number of rotatable bonds is 3. The molecule has 3 nitrogen and oxygen atoms in total. The summed E-state index contributed by atoms with van der Waals surface area (Å²) in [5.41, 5.74) is 8.93. The van der Waals surface area contributed by atoms with Crippen molar-refractivity contribution in [3.63, 3.8) is 0 Å². The highest BCUT2D eigenvalue weighted by atomic mass is 16.2. The molecule has 108 valence electrons. The van der Waals surface area contributed by atoms with E-state index < -0.39 is 5.54 Å². The van der Waals surface area contributed by atoms with Crippen LogP contribution in [0.2, 0.25) is 0 Å². The number of nitrogens with two attached hydrogens (primary N) is 1. The maximum atomic E-state index is 12.5. The topological polar surface area (TPSA) is 46.3 Å². The first-order chi connectivity index (χ1) is 10.2. The SMILES string of the molecule is Cc1ccc(N2C(=O)CCC2(CN)c2ccccc2)cc1. The van der Waals surface area contributed by atoms with Gasteiger partial charge in [0.25, 0.3) is 0 Å². The van der Waals surface area contributed by atoms with Crippen molar-refractivity contribution >= 4 is 11.6 Å². The van der Waals surface area contributed by atoms with Gasteiger partial charge >= 0.3 is 0 Å². The molecule has 3 heteroatoms. The Bertz CT molecular complexity index is 636. The van der Waals surface area contributed by atoms with Gasteiger partial charge in [0.05, 0.1) is 5.54 Å². The van der Waals surface area contributed by atoms with Crippen molar-refractivity contribution in [2.45, 2.75) is 25.3 Å². The first-order valence-electron chi connectivity index (χ1n) is 7.33. The van der Waals surface area contributed by atoms with Crippen molar-refractivity contribution in [2.24, 2.45) is 5.73 Å². The zero-order chi connectivity index (χ0) is 14.9. The van der Waals surface area contributed by atoms with Crippen molar-refractivity contribution in [1.29, 1.82) is 0 Å². The first-order valence-corrected chi connectivity index (χ1v) is 7.33. The number of carbonyl (C=O) groups excluding carboxylic acids is 1. The summed E-state index contributed by atoms with van der Waals surface area (Å²) >= 11 is 0. The Morgan fingerprint density at radius 3 is 2.38 bits per heavy atom. The molecule has 1 heterocycles. The Labute approximate surface area is 125 Å². The second kappa shape index (κ2) is 5.34. The highest BCUT2D eigenvalue weighted by Crippen LogP contribution is 2.42. The van der Waals surface area contributed by atoms with Gasteiger partial charge in [0.15, 0.2) is 0 Å². The minimum Gasteiger partial charge on any atom is -0.328 e. The summed E-state index contributed by atoms with van der Waals surface area (Å²) in [6.07, 6.45) is 1.31. The molecule has 0 radical (unpaired) electrons. The van der Waals surface area contributed by atoms with E-state index in [9.17, 15) is 4.79 Å². The van der Waals surface area contributed by atoms with E-state index in [1.54, 1.807) is 0 Å². The molecule has 3 rings (SSSR count). The van der Waals surface area contributed by atoms with E-state index in [1.807, 2.05) is 54.3 Å². The Balaban J connectivity index is 2.11. The third-order valence-corrected chi connectivity index (χ3v) is 4.37. The highest BCUT2D eigenvalue weighted by Gasteiger charge is 2.46. The summed E-state index contributed by atoms with van der Waals surface area (Å²) < 4.78 is 0. The van der Waals surface area contributed by atoms with Crippen LogP contribution in [-0.2, 0) is 10.3 Å². The van der Waals surface area contributed by atoms with Crippen molar-refractivity contribution in [1.82, 2.24) is 0 Å². The molecule has 0 saturated carbocycles. The van der Waals surface area contributed by atoms with Gasteiger partial charge in [0.1, 0.15) is 0 Å². The van der Waals surface area contributed by atoms with E-state index in [0.717, 1.165) is 17.7 Å². The monoisotopic (exact) mass is 280 g/mol. The Morgan fingerprint density at radius 1 is 1.10 bits per heavy atom. The summed E-state index contributed by atoms with van der Waals surface area (Å²) in [4.78, 5) is 14.4. The normalized spacial score (nSPS) is 21.8. The van der Waals surface area contributed by atoms with E-state index in [2.05, 4.69) is 12.1 Å². The first kappa shape index (κ1) is 13.8. The van der Waals surface area contributed by atoms with Crippen LogP contribution in [0.1, 0.15) is 24.0 Å². The van der Waals surface area contributed by atoms with E-state index in [-0.39, 0.29) is 5.91 Å². The quantitative estimate of drug-likeness (QED) is 0.939. The number of amides is 1. The summed E-state index contributed by atoms with van der Waals surface area (Å²) in [6, 6.07) is 18.2. The van der Waals surface area contributed by atoms with E-state index in [1.165, 1.54) is 5.56 Å². The van der Waals surface area contributed by atoms with Gasteiger partial charge in [-0.25, -0.2) is 0 Å². The molecule has 0 aliphatic carbocycles. The third kappa shape index (κ3) is 2.24. The van der Waals surface area contributed by atoms with E-state index in [0.29, 0.717) is 13.0 Å². The molecule has 1 fully saturated rings. The number of nitrogens with zero attached hydrogens (tertiary/aromatic N) is 1. The van der Waals surface area contributed by atoms with Crippen LogP contribution in [0.25, 0.3) is 0 Å². The fourth-order valence-corrected chi connectivity index (χ4v) is 3.19. The molecule has 21 heavy (non-hydrogen) atoms. The van der Waals surface area contributed by atoms with Gasteiger partial charge in [0.2, 0.25) is 5.91 Å². The van der Waals surface area contributed by atoms with Crippen LogP contribution in [0.4, 0.5) is 5.69 Å². The fourth-order valence-electron chi connectivity index (χ4n) is 3.19. The second-order valence-corrected chi connectivity index (χ2v) is 5.67. The molecule has 1 atom stereocenters. The van der Waals surface area contributed by atoms with E-state index >= 15 is 0 Å². The third-order valence-electron chi connectivity index (χ3n) is 4.37. The molecule has 1 amide bonds. The molecular weight excluding hydrogens is 260 g/mol. The Morgan fingerprint density at radius 2 is 1.76 bits per heavy atom. The largest absolute Gasteiger partial charge is 0.328 e. The average molecular weight is 280 g/mol. The predicted octanol–water partition coefficient (Wildman–Crippen LogP) is 2.98. The molecule has 1 aliphatic heterocycles. The Kier molecular flexibility index (Phi) is 3.52. The second-order valence-electron chi connectivity index (χ2n) is 5.67. The Hall–Kier alpha value is -2.13. The number of hydrogen-bond donors (Lipinski definition) is 1. The number of aryl methyl sites for hydroxylation is 1. The molecular formula is C18H20N2O. The summed E-state index contributed by atoms with van der Waals surface area (Å²) in [5, 5.41) is 0. The van der Waals surface area contributed by atoms with Gasteiger partial charge < -0.3 is 10.6 Å². The molecule has 0 spiro atoms. The summed E-state index contributed by atoms with van der Waals surface area (Å²) in [6.45, 7) is 2.47. The zero-order valence-corrected chi connectivity index (χ0v) is 12.3. The van der Waals surface area contributed by atoms with Crippen molar-refractivity contribution in [2.75, 3.05) is 11.4 Å². The van der Waals surface area contributed by atoms with Crippen LogP contribution < -0.4 is 10.6 Å². The molecule has 1 unspecified atom stereocenters. The molecule has 2 aromatic carbocycles. The highest BCUT2D eigenvalue weighted by molar-refractivity contribution is 5.97. The molecule has 1 saturated heterocycles. The van der Waals surface area contributed by atoms with Gasteiger partial charge in [0, 0.05) is 18.7 Å². The van der Waals surface area contributed by atoms with Crippen LogP contribution in [0.15, 0.2) is 54.6 Å². The molecule has 2 aromatic rings. The lowest BCUT2D eigenvalue weighted by Crippen LogP contribution is -2.49. The lowest BCUT2D eigenvalue weighted by atomic mass is 9.87. The number of anilines is 1. The van der Waals surface area contributed by atoms with Crippen molar-refractivity contribution in [3.8, 4) is 0 Å². The summed E-state index contributed by atoms with van der Waals surface area (Å²) in [5.74, 6) is 0.146. The van der Waals surface area contributed by atoms with Gasteiger partial charge in [-0.1, -0.05) is 48.0 Å². The fraction of sp³-hybridized carbons (Fsp3) is 0.278. The van der Waals surface area contributed by atoms with Gasteiger partial charge in [-0.2, -0.15) is 0 Å². The lowest BCUT2D eigenvalue weighted by Gasteiger charge is -2.38. The van der Waals surface area contributed by atoms with Crippen LogP contribution in [0.5, 0.6) is 0 Å². The standard InChI is InChI=1S/C18H20N2O/c1-14-7-9-16(10-8-14)20-17(21)11-12-18(20,13-19)15-5-3-2-4-6-15/h2-10H,11-13,19H2,1H3. The number of hydrogen-bond acceptors (Lipinski definition) is 2. The van der Waals surface area contributed by atoms with Crippen LogP contribution in [-0.4, -0.2) is 12.5 Å². The van der Waals surface area contributed by atoms with Gasteiger partial charge in [-0.15, -0.1) is 0 Å². The average Bonchev–Trinajstić information content (AvgIpc) is 2.87. The van der Waals surface area contributed by atoms with Crippen LogP contribution in [0, 0.1) is 6.92 Å². The summed E-state index contributed by atoms with van der Waals surface area (Å²) in [7, 11) is 0. The van der Waals surface area contributed by atoms with Crippen molar-refractivity contribution < 1.29 is 4.79 Å². The lowest BCUT2D eigenvalue weighted by molar-refractivity contribution is -0.117. The molecule has 2 N–H and O–H groups in total. The molecule has 1 aliphatic rings. The minimum absolute atomic E-state index is 0.146. The maximum absolute atomic E-state index is 12.5. The number of carbonyl (C=O) groups is 1. The minimum atomic E-state index is -0.423. The molecule has 0 bridgehead atoms. The van der Waals surface area contributed by atoms with Gasteiger partial charge in [-0.05, 0) is 31.0 Å². The van der Waals surface area contributed by atoms with Crippen molar-refractivity contribution in [3.05, 3.63) is 65.7 Å². The zero-order valence-electron chi connectivity index (χ0n) is 12.3. The molecule has 0 aromatic heterocycles.